The average Bonchev–Trinajstić information content (AvgIpc) is 3.25. The third-order valence-electron chi connectivity index (χ3n) is 13.2. The number of aromatic nitrogens is 2. The molecule has 0 radical (unpaired) electrons. The zero-order valence-corrected chi connectivity index (χ0v) is 34.7. The Morgan fingerprint density at radius 1 is 1.11 bits per heavy atom. The van der Waals surface area contributed by atoms with Crippen LogP contribution >= 0.6 is 11.6 Å². The Morgan fingerprint density at radius 3 is 2.54 bits per heavy atom. The Kier molecular flexibility index (Phi) is 10.8. The number of allylic oxidation sites excluding steroid dienone is 1. The van der Waals surface area contributed by atoms with Gasteiger partial charge in [0.1, 0.15) is 5.75 Å². The predicted octanol–water partition coefficient (Wildman–Crippen LogP) is 8.77. The Balaban J connectivity index is 1.17. The smallest absolute Gasteiger partial charge is 0.335 e. The summed E-state index contributed by atoms with van der Waals surface area (Å²) < 4.78 is 40.2. The topological polar surface area (TPSA) is 119 Å². The molecule has 2 heterocycles. The highest BCUT2D eigenvalue weighted by molar-refractivity contribution is 7.91. The number of sulfone groups is 1. The van der Waals surface area contributed by atoms with E-state index in [1.165, 1.54) is 23.5 Å². The van der Waals surface area contributed by atoms with Crippen molar-refractivity contribution >= 4 is 41.4 Å². The standard InChI is InChI=1S/C42H54ClN3O6SSi/c1-41(2,3)54(4,5)52-37(17-12-28-9-10-32(28)25-53(49,50)40-44-20-7-21-45-40)34-15-11-31(34)24-46-26-42(19-6-8-29-22-33(43)14-16-35(29)42)27-51-38-18-13-30(39(47)48)23-36(38)46/h7,12-14,16-18,20-23,28,31-32,34,37H,6,8-11,15,19,24-27H2,1-5H3,(H,47,48)/b17-12+/t28-,31-,32-,34+,37?,42?/m0/s1. The first-order chi connectivity index (χ1) is 25.6. The van der Waals surface area contributed by atoms with E-state index in [4.69, 9.17) is 20.8 Å². The molecule has 6 atom stereocenters. The number of hydrogen-bond donors (Lipinski definition) is 1. The number of rotatable bonds is 11. The summed E-state index contributed by atoms with van der Waals surface area (Å²) in [4.78, 5) is 22.7. The van der Waals surface area contributed by atoms with Gasteiger partial charge in [0.2, 0.25) is 15.0 Å². The lowest BCUT2D eigenvalue weighted by molar-refractivity contribution is 0.0519. The Morgan fingerprint density at radius 2 is 1.87 bits per heavy atom. The number of carbonyl (C=O) groups is 1. The van der Waals surface area contributed by atoms with Gasteiger partial charge in [0, 0.05) is 35.9 Å². The van der Waals surface area contributed by atoms with E-state index in [2.05, 4.69) is 73.0 Å². The number of nitrogens with zero attached hydrogens (tertiary/aromatic N) is 3. The number of ether oxygens (including phenoxy) is 1. The molecule has 0 saturated heterocycles. The van der Waals surface area contributed by atoms with Crippen LogP contribution in [0.25, 0.3) is 0 Å². The van der Waals surface area contributed by atoms with Gasteiger partial charge in [-0.25, -0.2) is 23.2 Å². The van der Waals surface area contributed by atoms with Gasteiger partial charge >= 0.3 is 5.97 Å². The molecular formula is C42H54ClN3O6SSi. The second-order valence-corrected chi connectivity index (χ2v) is 24.8. The quantitative estimate of drug-likeness (QED) is 0.116. The summed E-state index contributed by atoms with van der Waals surface area (Å²) >= 11 is 6.48. The molecule has 2 saturated carbocycles. The molecule has 7 rings (SSSR count). The molecule has 0 amide bonds. The molecule has 2 aromatic carbocycles. The molecule has 2 unspecified atom stereocenters. The molecule has 290 valence electrons. The van der Waals surface area contributed by atoms with Gasteiger partial charge in [-0.05, 0) is 134 Å². The van der Waals surface area contributed by atoms with E-state index in [9.17, 15) is 18.3 Å². The molecule has 0 bridgehead atoms. The van der Waals surface area contributed by atoms with Crippen LogP contribution in [-0.2, 0) is 26.1 Å². The first kappa shape index (κ1) is 39.0. The summed E-state index contributed by atoms with van der Waals surface area (Å²) in [7, 11) is -5.78. The molecule has 3 aliphatic carbocycles. The van der Waals surface area contributed by atoms with Crippen LogP contribution in [0.2, 0.25) is 23.2 Å². The molecule has 1 spiro atoms. The van der Waals surface area contributed by atoms with Crippen LogP contribution in [-0.4, -0.2) is 69.3 Å². The van der Waals surface area contributed by atoms with Crippen LogP contribution in [0, 0.1) is 23.7 Å². The molecule has 2 fully saturated rings. The molecular weight excluding hydrogens is 738 g/mol. The second-order valence-electron chi connectivity index (χ2n) is 17.6. The third-order valence-corrected chi connectivity index (χ3v) is 19.5. The number of hydrogen-bond acceptors (Lipinski definition) is 8. The highest BCUT2D eigenvalue weighted by Gasteiger charge is 2.47. The summed E-state index contributed by atoms with van der Waals surface area (Å²) in [6.07, 6.45) is 14.2. The second kappa shape index (κ2) is 15.0. The minimum absolute atomic E-state index is 0.0129. The monoisotopic (exact) mass is 791 g/mol. The summed E-state index contributed by atoms with van der Waals surface area (Å²) in [5.41, 5.74) is 3.36. The lowest BCUT2D eigenvalue weighted by atomic mass is 9.68. The number of carboxylic acids is 1. The summed E-state index contributed by atoms with van der Waals surface area (Å²) in [6.45, 7) is 13.4. The van der Waals surface area contributed by atoms with Crippen molar-refractivity contribution in [2.45, 2.75) is 101 Å². The molecule has 1 aliphatic heterocycles. The predicted molar refractivity (Wildman–Crippen MR) is 215 cm³/mol. The summed E-state index contributed by atoms with van der Waals surface area (Å²) in [5.74, 6) is 0.536. The lowest BCUT2D eigenvalue weighted by Gasteiger charge is -2.48. The van der Waals surface area contributed by atoms with Crippen molar-refractivity contribution in [3.63, 3.8) is 0 Å². The van der Waals surface area contributed by atoms with E-state index >= 15 is 0 Å². The number of benzene rings is 2. The van der Waals surface area contributed by atoms with E-state index in [0.29, 0.717) is 19.1 Å². The Hall–Kier alpha value is -3.25. The minimum Gasteiger partial charge on any atom is -0.490 e. The normalized spacial score (nSPS) is 26.2. The maximum Gasteiger partial charge on any atom is 0.335 e. The molecule has 54 heavy (non-hydrogen) atoms. The van der Waals surface area contributed by atoms with Gasteiger partial charge in [0.15, 0.2) is 8.32 Å². The third kappa shape index (κ3) is 7.88. The zero-order valence-electron chi connectivity index (χ0n) is 32.1. The molecule has 1 aromatic heterocycles. The summed E-state index contributed by atoms with van der Waals surface area (Å²) in [6, 6.07) is 13.1. The highest BCUT2D eigenvalue weighted by atomic mass is 35.5. The maximum absolute atomic E-state index is 13.2. The molecule has 1 N–H and O–H groups in total. The highest BCUT2D eigenvalue weighted by Crippen LogP contribution is 2.49. The Labute approximate surface area is 326 Å². The van der Waals surface area contributed by atoms with Crippen molar-refractivity contribution in [3.8, 4) is 5.75 Å². The fraction of sp³-hybridized carbons (Fsp3) is 0.548. The van der Waals surface area contributed by atoms with Crippen LogP contribution in [0.5, 0.6) is 5.75 Å². The van der Waals surface area contributed by atoms with Crippen molar-refractivity contribution in [1.29, 1.82) is 0 Å². The van der Waals surface area contributed by atoms with Gasteiger partial charge in [0.05, 0.1) is 29.7 Å². The van der Waals surface area contributed by atoms with Gasteiger partial charge in [-0.1, -0.05) is 50.6 Å². The minimum atomic E-state index is -3.58. The number of anilines is 1. The largest absolute Gasteiger partial charge is 0.490 e. The number of aryl methyl sites for hydroxylation is 1. The van der Waals surface area contributed by atoms with Crippen LogP contribution in [0.4, 0.5) is 5.69 Å². The Bertz CT molecular complexity index is 2000. The first-order valence-corrected chi connectivity index (χ1v) is 24.4. The fourth-order valence-corrected chi connectivity index (χ4v) is 11.7. The SMILES string of the molecule is CC(C)(C)[Si](C)(C)OC(/C=C/[C@@H]1CC[C@H]1CS(=O)(=O)c1ncccn1)[C@@H]1CC[C@H]1CN1CC2(CCCc3cc(Cl)ccc32)COc2ccc(C(=O)O)cc21. The molecule has 12 heteroatoms. The number of fused-ring (bicyclic) bond motifs is 3. The van der Waals surface area contributed by atoms with E-state index in [1.54, 1.807) is 18.2 Å². The zero-order chi connectivity index (χ0) is 38.5. The van der Waals surface area contributed by atoms with E-state index in [1.807, 2.05) is 12.1 Å². The first-order valence-electron chi connectivity index (χ1n) is 19.5. The lowest BCUT2D eigenvalue weighted by Crippen LogP contribution is -2.52. The molecule has 4 aliphatic rings. The van der Waals surface area contributed by atoms with Crippen LogP contribution in [0.1, 0.15) is 80.8 Å². The number of aromatic carboxylic acids is 1. The van der Waals surface area contributed by atoms with Crippen molar-refractivity contribution in [3.05, 3.63) is 88.7 Å². The number of carboxylic acid groups (broad SMARTS) is 1. The summed E-state index contributed by atoms with van der Waals surface area (Å²) in [5, 5.41) is 10.7. The van der Waals surface area contributed by atoms with Crippen molar-refractivity contribution in [2.24, 2.45) is 23.7 Å². The fourth-order valence-electron chi connectivity index (χ4n) is 8.68. The van der Waals surface area contributed by atoms with Gasteiger partial charge in [-0.15, -0.1) is 0 Å². The van der Waals surface area contributed by atoms with Crippen LogP contribution in [0.3, 0.4) is 0 Å². The van der Waals surface area contributed by atoms with Gasteiger partial charge in [0.25, 0.3) is 0 Å². The van der Waals surface area contributed by atoms with Crippen molar-refractivity contribution in [1.82, 2.24) is 9.97 Å². The van der Waals surface area contributed by atoms with E-state index in [-0.39, 0.29) is 50.8 Å². The number of halogens is 1. The van der Waals surface area contributed by atoms with Crippen LogP contribution in [0.15, 0.2) is 72.2 Å². The van der Waals surface area contributed by atoms with Crippen LogP contribution < -0.4 is 9.64 Å². The maximum atomic E-state index is 13.2. The van der Waals surface area contributed by atoms with E-state index in [0.717, 1.165) is 68.0 Å². The van der Waals surface area contributed by atoms with Gasteiger partial charge < -0.3 is 19.2 Å². The molecule has 3 aromatic rings. The van der Waals surface area contributed by atoms with Crippen molar-refractivity contribution in [2.75, 3.05) is 30.3 Å². The van der Waals surface area contributed by atoms with E-state index < -0.39 is 24.1 Å². The average molecular weight is 793 g/mol. The van der Waals surface area contributed by atoms with Crippen molar-refractivity contribution < 1.29 is 27.5 Å². The molecule has 9 nitrogen and oxygen atoms in total. The van der Waals surface area contributed by atoms with Gasteiger partial charge in [-0.3, -0.25) is 0 Å². The van der Waals surface area contributed by atoms with Gasteiger partial charge in [-0.2, -0.15) is 0 Å².